The molecule has 0 radical (unpaired) electrons. The minimum Gasteiger partial charge on any atom is -0.502 e. The first kappa shape index (κ1) is 10.5. The lowest BCUT2D eigenvalue weighted by Gasteiger charge is -2.01. The number of aliphatic hydroxyl groups is 1. The van der Waals surface area contributed by atoms with Gasteiger partial charge < -0.3 is 14.6 Å². The molecular formula is C8H16O3. The Bertz CT molecular complexity index is 83.4. The molecule has 0 heterocycles. The molecule has 0 aliphatic heterocycles. The van der Waals surface area contributed by atoms with E-state index < -0.39 is 0 Å². The van der Waals surface area contributed by atoms with Crippen molar-refractivity contribution < 1.29 is 14.6 Å². The number of hydrogen-bond donors (Lipinski definition) is 1. The summed E-state index contributed by atoms with van der Waals surface area (Å²) < 4.78 is 9.93. The van der Waals surface area contributed by atoms with Crippen molar-refractivity contribution in [3.05, 3.63) is 12.8 Å². The van der Waals surface area contributed by atoms with Gasteiger partial charge in [0.1, 0.15) is 0 Å². The molecular weight excluding hydrogens is 144 g/mol. The van der Waals surface area contributed by atoms with Crippen molar-refractivity contribution >= 4 is 0 Å². The number of unbranched alkanes of at least 4 members (excludes halogenated alkanes) is 1. The molecule has 0 rings (SSSR count). The van der Waals surface area contributed by atoms with Crippen molar-refractivity contribution in [2.45, 2.75) is 12.8 Å². The van der Waals surface area contributed by atoms with E-state index in [-0.39, 0.29) is 6.61 Å². The fourth-order valence-electron chi connectivity index (χ4n) is 0.639. The second-order valence-corrected chi connectivity index (χ2v) is 2.08. The quantitative estimate of drug-likeness (QED) is 0.424. The Morgan fingerprint density at radius 3 is 2.55 bits per heavy atom. The van der Waals surface area contributed by atoms with Gasteiger partial charge in [-0.1, -0.05) is 6.58 Å². The molecule has 0 aliphatic carbocycles. The van der Waals surface area contributed by atoms with Gasteiger partial charge >= 0.3 is 0 Å². The molecule has 0 fully saturated rings. The van der Waals surface area contributed by atoms with E-state index in [1.165, 1.54) is 6.26 Å². The van der Waals surface area contributed by atoms with Gasteiger partial charge in [0.05, 0.1) is 26.1 Å². The van der Waals surface area contributed by atoms with Crippen LogP contribution in [0.2, 0.25) is 0 Å². The van der Waals surface area contributed by atoms with Crippen molar-refractivity contribution in [1.29, 1.82) is 0 Å². The maximum Gasteiger partial charge on any atom is 0.0873 e. The van der Waals surface area contributed by atoms with E-state index in [1.807, 2.05) is 0 Å². The van der Waals surface area contributed by atoms with Gasteiger partial charge in [0.25, 0.3) is 0 Å². The maximum absolute atomic E-state index is 8.34. The van der Waals surface area contributed by atoms with Crippen LogP contribution in [-0.2, 0) is 9.47 Å². The highest BCUT2D eigenvalue weighted by atomic mass is 16.5. The van der Waals surface area contributed by atoms with Crippen molar-refractivity contribution in [2.24, 2.45) is 0 Å². The van der Waals surface area contributed by atoms with Crippen LogP contribution in [-0.4, -0.2) is 31.5 Å². The van der Waals surface area contributed by atoms with Crippen LogP contribution in [0.15, 0.2) is 12.8 Å². The highest BCUT2D eigenvalue weighted by molar-refractivity contribution is 4.48. The molecule has 0 aliphatic rings. The van der Waals surface area contributed by atoms with Gasteiger partial charge in [-0.2, -0.15) is 0 Å². The lowest BCUT2D eigenvalue weighted by atomic mass is 10.3. The van der Waals surface area contributed by atoms with Crippen molar-refractivity contribution in [1.82, 2.24) is 0 Å². The molecule has 0 aromatic rings. The summed E-state index contributed by atoms with van der Waals surface area (Å²) in [4.78, 5) is 0. The second kappa shape index (κ2) is 9.46. The third kappa shape index (κ3) is 9.46. The standard InChI is InChI=1S/C8H16O3/c1-2-10-6-3-4-7-11-8-5-9/h2,9H,1,3-8H2. The number of aliphatic hydroxyl groups excluding tert-OH is 1. The van der Waals surface area contributed by atoms with E-state index in [0.29, 0.717) is 19.8 Å². The molecule has 0 atom stereocenters. The van der Waals surface area contributed by atoms with Gasteiger partial charge in [-0.3, -0.25) is 0 Å². The zero-order valence-corrected chi connectivity index (χ0v) is 6.79. The predicted octanol–water partition coefficient (Wildman–Crippen LogP) is 0.936. The molecule has 0 saturated heterocycles. The Morgan fingerprint density at radius 1 is 1.18 bits per heavy atom. The molecule has 0 aromatic heterocycles. The predicted molar refractivity (Wildman–Crippen MR) is 43.3 cm³/mol. The van der Waals surface area contributed by atoms with Gasteiger partial charge in [-0.15, -0.1) is 0 Å². The number of ether oxygens (including phenoxy) is 2. The second-order valence-electron chi connectivity index (χ2n) is 2.08. The highest BCUT2D eigenvalue weighted by Crippen LogP contribution is 1.90. The average molecular weight is 160 g/mol. The molecule has 0 bridgehead atoms. The molecule has 3 heteroatoms. The summed E-state index contributed by atoms with van der Waals surface area (Å²) in [6, 6.07) is 0. The third-order valence-electron chi connectivity index (χ3n) is 1.15. The maximum atomic E-state index is 8.34. The minimum absolute atomic E-state index is 0.100. The molecule has 11 heavy (non-hydrogen) atoms. The minimum atomic E-state index is 0.100. The Morgan fingerprint density at radius 2 is 1.91 bits per heavy atom. The lowest BCUT2D eigenvalue weighted by Crippen LogP contribution is -2.01. The van der Waals surface area contributed by atoms with E-state index in [4.69, 9.17) is 14.6 Å². The first-order chi connectivity index (χ1) is 5.41. The zero-order chi connectivity index (χ0) is 8.36. The van der Waals surface area contributed by atoms with Crippen molar-refractivity contribution in [2.75, 3.05) is 26.4 Å². The van der Waals surface area contributed by atoms with Gasteiger partial charge in [0.15, 0.2) is 0 Å². The van der Waals surface area contributed by atoms with E-state index in [1.54, 1.807) is 0 Å². The molecule has 0 aromatic carbocycles. The Balaban J connectivity index is 2.74. The molecule has 0 unspecified atom stereocenters. The summed E-state index contributed by atoms with van der Waals surface area (Å²) in [5.74, 6) is 0. The normalized spacial score (nSPS) is 9.55. The van der Waals surface area contributed by atoms with Gasteiger partial charge in [-0.25, -0.2) is 0 Å². The van der Waals surface area contributed by atoms with Crippen LogP contribution in [0.4, 0.5) is 0 Å². The van der Waals surface area contributed by atoms with E-state index >= 15 is 0 Å². The molecule has 66 valence electrons. The van der Waals surface area contributed by atoms with Crippen LogP contribution in [0.1, 0.15) is 12.8 Å². The fourth-order valence-corrected chi connectivity index (χ4v) is 0.639. The summed E-state index contributed by atoms with van der Waals surface area (Å²) in [5, 5.41) is 8.34. The van der Waals surface area contributed by atoms with E-state index in [9.17, 15) is 0 Å². The Kier molecular flexibility index (Phi) is 9.00. The van der Waals surface area contributed by atoms with Crippen molar-refractivity contribution in [3.63, 3.8) is 0 Å². The zero-order valence-electron chi connectivity index (χ0n) is 6.79. The molecule has 1 N–H and O–H groups in total. The van der Waals surface area contributed by atoms with Gasteiger partial charge in [-0.05, 0) is 12.8 Å². The fraction of sp³-hybridized carbons (Fsp3) is 0.750. The largest absolute Gasteiger partial charge is 0.502 e. The van der Waals surface area contributed by atoms with E-state index in [0.717, 1.165) is 12.8 Å². The Hall–Kier alpha value is -0.540. The SMILES string of the molecule is C=COCCCCOCCO. The monoisotopic (exact) mass is 160 g/mol. The number of hydrogen-bond acceptors (Lipinski definition) is 3. The molecule has 3 nitrogen and oxygen atoms in total. The van der Waals surface area contributed by atoms with E-state index in [2.05, 4.69) is 6.58 Å². The summed E-state index contributed by atoms with van der Waals surface area (Å²) in [6.07, 6.45) is 3.37. The number of rotatable bonds is 8. The Labute approximate surface area is 67.6 Å². The average Bonchev–Trinajstić information content (AvgIpc) is 2.03. The smallest absolute Gasteiger partial charge is 0.0873 e. The van der Waals surface area contributed by atoms with Gasteiger partial charge in [0, 0.05) is 6.61 Å². The first-order valence-corrected chi connectivity index (χ1v) is 3.83. The molecule has 0 spiro atoms. The topological polar surface area (TPSA) is 38.7 Å². The van der Waals surface area contributed by atoms with Crippen LogP contribution in [0, 0.1) is 0 Å². The summed E-state index contributed by atoms with van der Waals surface area (Å²) in [7, 11) is 0. The van der Waals surface area contributed by atoms with Gasteiger partial charge in [0.2, 0.25) is 0 Å². The van der Waals surface area contributed by atoms with Crippen LogP contribution in [0.5, 0.6) is 0 Å². The lowest BCUT2D eigenvalue weighted by molar-refractivity contribution is 0.0865. The summed E-state index contributed by atoms with van der Waals surface area (Å²) in [5.41, 5.74) is 0. The van der Waals surface area contributed by atoms with Crippen LogP contribution in [0.3, 0.4) is 0 Å². The van der Waals surface area contributed by atoms with Crippen LogP contribution >= 0.6 is 0 Å². The molecule has 0 saturated carbocycles. The first-order valence-electron chi connectivity index (χ1n) is 3.83. The van der Waals surface area contributed by atoms with Crippen LogP contribution in [0.25, 0.3) is 0 Å². The van der Waals surface area contributed by atoms with Crippen LogP contribution < -0.4 is 0 Å². The highest BCUT2D eigenvalue weighted by Gasteiger charge is 1.88. The van der Waals surface area contributed by atoms with Crippen molar-refractivity contribution in [3.8, 4) is 0 Å². The summed E-state index contributed by atoms with van der Waals surface area (Å²) in [6.45, 7) is 5.35. The third-order valence-corrected chi connectivity index (χ3v) is 1.15. The summed E-state index contributed by atoms with van der Waals surface area (Å²) >= 11 is 0. The molecule has 0 amide bonds.